The van der Waals surface area contributed by atoms with Gasteiger partial charge in [-0.05, 0) is 30.7 Å². The molecule has 1 N–H and O–H groups in total. The summed E-state index contributed by atoms with van der Waals surface area (Å²) in [6.07, 6.45) is 2.06. The van der Waals surface area contributed by atoms with Gasteiger partial charge in [0.2, 0.25) is 6.41 Å². The van der Waals surface area contributed by atoms with Gasteiger partial charge < -0.3 is 10.1 Å². The number of nitrogens with zero attached hydrogens (tertiary/aromatic N) is 2. The molecule has 0 aromatic carbocycles. The molecule has 0 aliphatic heterocycles. The molecule has 0 unspecified atom stereocenters. The third-order valence-electron chi connectivity index (χ3n) is 3.06. The second-order valence-corrected chi connectivity index (χ2v) is 4.82. The molecule has 0 spiro atoms. The maximum absolute atomic E-state index is 12.0. The maximum Gasteiger partial charge on any atom is 0.207 e. The molecule has 0 saturated heterocycles. The molecular formula is C15H14ClN3O3. The molecule has 2 heterocycles. The average molecular weight is 320 g/mol. The van der Waals surface area contributed by atoms with Gasteiger partial charge in [0.05, 0.1) is 13.7 Å². The largest absolute Gasteiger partial charge is 0.494 e. The maximum atomic E-state index is 12.0. The number of carbonyl (C=O) groups excluding carboxylic acids is 2. The van der Waals surface area contributed by atoms with Gasteiger partial charge in [0, 0.05) is 11.8 Å². The van der Waals surface area contributed by atoms with Gasteiger partial charge in [-0.3, -0.25) is 9.59 Å². The van der Waals surface area contributed by atoms with E-state index >= 15 is 0 Å². The Bertz CT molecular complexity index is 699. The highest BCUT2D eigenvalue weighted by Gasteiger charge is 2.17. The number of methoxy groups -OCH3 is 1. The molecule has 6 nitrogen and oxygen atoms in total. The molecule has 114 valence electrons. The monoisotopic (exact) mass is 319 g/mol. The topological polar surface area (TPSA) is 81.2 Å². The van der Waals surface area contributed by atoms with Gasteiger partial charge in [-0.2, -0.15) is 0 Å². The van der Waals surface area contributed by atoms with Crippen molar-refractivity contribution in [3.05, 3.63) is 40.8 Å². The average Bonchev–Trinajstić information content (AvgIpc) is 2.52. The molecule has 0 aliphatic carbocycles. The number of amides is 1. The fraction of sp³-hybridized carbons (Fsp3) is 0.200. The quantitative estimate of drug-likeness (QED) is 0.500. The summed E-state index contributed by atoms with van der Waals surface area (Å²) in [4.78, 5) is 30.6. The molecule has 2 aromatic rings. The van der Waals surface area contributed by atoms with Gasteiger partial charge in [-0.25, -0.2) is 9.97 Å². The molecule has 22 heavy (non-hydrogen) atoms. The number of ketones is 1. The smallest absolute Gasteiger partial charge is 0.207 e. The van der Waals surface area contributed by atoms with Crippen molar-refractivity contribution in [3.63, 3.8) is 0 Å². The number of ether oxygens (including phenoxy) is 1. The summed E-state index contributed by atoms with van der Waals surface area (Å²) >= 11 is 6.16. The Hall–Kier alpha value is -2.47. The normalized spacial score (nSPS) is 10.1. The van der Waals surface area contributed by atoms with E-state index in [1.807, 2.05) is 6.92 Å². The minimum absolute atomic E-state index is 0.123. The Balaban J connectivity index is 2.54. The SMILES string of the molecule is COc1ccc(C(=O)CNC=O)nc1-c1c(C)ccnc1Cl. The van der Waals surface area contributed by atoms with Crippen molar-refractivity contribution >= 4 is 23.8 Å². The lowest BCUT2D eigenvalue weighted by molar-refractivity contribution is -0.109. The molecule has 2 rings (SSSR count). The van der Waals surface area contributed by atoms with Crippen LogP contribution in [0.3, 0.4) is 0 Å². The second-order valence-electron chi connectivity index (χ2n) is 4.46. The van der Waals surface area contributed by atoms with E-state index in [4.69, 9.17) is 16.3 Å². The zero-order valence-corrected chi connectivity index (χ0v) is 12.8. The molecular weight excluding hydrogens is 306 g/mol. The molecule has 0 aliphatic rings. The van der Waals surface area contributed by atoms with Crippen LogP contribution in [-0.4, -0.2) is 35.8 Å². The molecule has 0 saturated carbocycles. The highest BCUT2D eigenvalue weighted by Crippen LogP contribution is 2.34. The van der Waals surface area contributed by atoms with E-state index in [1.165, 1.54) is 13.2 Å². The standard InChI is InChI=1S/C15H14ClN3O3/c1-9-5-6-18-15(16)13(9)14-12(22-2)4-3-10(19-14)11(21)7-17-8-20/h3-6,8H,7H2,1-2H3,(H,17,20). The van der Waals surface area contributed by atoms with E-state index < -0.39 is 0 Å². The van der Waals surface area contributed by atoms with Crippen molar-refractivity contribution in [2.45, 2.75) is 6.92 Å². The van der Waals surface area contributed by atoms with E-state index in [2.05, 4.69) is 15.3 Å². The van der Waals surface area contributed by atoms with Crippen molar-refractivity contribution < 1.29 is 14.3 Å². The van der Waals surface area contributed by atoms with Crippen LogP contribution in [0, 0.1) is 6.92 Å². The zero-order valence-electron chi connectivity index (χ0n) is 12.1. The summed E-state index contributed by atoms with van der Waals surface area (Å²) in [6.45, 7) is 1.74. The van der Waals surface area contributed by atoms with E-state index in [0.29, 0.717) is 23.4 Å². The summed E-state index contributed by atoms with van der Waals surface area (Å²) in [6, 6.07) is 4.97. The van der Waals surface area contributed by atoms with Crippen molar-refractivity contribution in [1.29, 1.82) is 0 Å². The fourth-order valence-electron chi connectivity index (χ4n) is 1.98. The summed E-state index contributed by atoms with van der Waals surface area (Å²) in [5.41, 5.74) is 2.12. The summed E-state index contributed by atoms with van der Waals surface area (Å²) in [7, 11) is 1.51. The van der Waals surface area contributed by atoms with Gasteiger partial charge in [-0.15, -0.1) is 0 Å². The molecule has 0 atom stereocenters. The lowest BCUT2D eigenvalue weighted by atomic mass is 10.1. The van der Waals surface area contributed by atoms with Crippen LogP contribution < -0.4 is 10.1 Å². The van der Waals surface area contributed by atoms with Crippen LogP contribution in [0.1, 0.15) is 16.1 Å². The number of rotatable bonds is 6. The van der Waals surface area contributed by atoms with E-state index in [1.54, 1.807) is 18.3 Å². The minimum atomic E-state index is -0.311. The van der Waals surface area contributed by atoms with Gasteiger partial charge >= 0.3 is 0 Å². The predicted octanol–water partition coefficient (Wildman–Crippen LogP) is 2.04. The second kappa shape index (κ2) is 7.00. The Labute approximate surface area is 132 Å². The Kier molecular flexibility index (Phi) is 5.06. The Morgan fingerprint density at radius 2 is 2.18 bits per heavy atom. The van der Waals surface area contributed by atoms with Crippen LogP contribution >= 0.6 is 11.6 Å². The van der Waals surface area contributed by atoms with Crippen LogP contribution in [0.5, 0.6) is 5.75 Å². The first-order valence-corrected chi connectivity index (χ1v) is 6.83. The summed E-state index contributed by atoms with van der Waals surface area (Å²) in [5, 5.41) is 2.60. The zero-order chi connectivity index (χ0) is 16.1. The van der Waals surface area contributed by atoms with Crippen LogP contribution in [0.4, 0.5) is 0 Å². The molecule has 2 aromatic heterocycles. The molecule has 0 bridgehead atoms. The molecule has 7 heteroatoms. The number of hydrogen-bond donors (Lipinski definition) is 1. The molecule has 0 radical (unpaired) electrons. The van der Waals surface area contributed by atoms with Crippen LogP contribution in [0.2, 0.25) is 5.15 Å². The number of aryl methyl sites for hydroxylation is 1. The number of Topliss-reactive ketones (excluding diaryl/α,β-unsaturated/α-hetero) is 1. The van der Waals surface area contributed by atoms with E-state index in [9.17, 15) is 9.59 Å². The van der Waals surface area contributed by atoms with Gasteiger partial charge in [0.15, 0.2) is 5.78 Å². The summed E-state index contributed by atoms with van der Waals surface area (Å²) in [5.74, 6) is 0.173. The summed E-state index contributed by atoms with van der Waals surface area (Å²) < 4.78 is 5.29. The first kappa shape index (κ1) is 15.9. The number of hydrogen-bond acceptors (Lipinski definition) is 5. The number of carbonyl (C=O) groups is 2. The minimum Gasteiger partial charge on any atom is -0.494 e. The van der Waals surface area contributed by atoms with Crippen LogP contribution in [0.15, 0.2) is 24.4 Å². The number of nitrogens with one attached hydrogen (secondary N) is 1. The van der Waals surface area contributed by atoms with E-state index in [0.717, 1.165) is 5.56 Å². The number of halogens is 1. The van der Waals surface area contributed by atoms with Crippen LogP contribution in [-0.2, 0) is 4.79 Å². The first-order chi connectivity index (χ1) is 10.6. The number of aromatic nitrogens is 2. The van der Waals surface area contributed by atoms with Gasteiger partial charge in [0.1, 0.15) is 22.3 Å². The van der Waals surface area contributed by atoms with Crippen molar-refractivity contribution in [3.8, 4) is 17.0 Å². The molecule has 1 amide bonds. The Morgan fingerprint density at radius 1 is 1.41 bits per heavy atom. The van der Waals surface area contributed by atoms with Crippen molar-refractivity contribution in [2.75, 3.05) is 13.7 Å². The third kappa shape index (κ3) is 3.23. The third-order valence-corrected chi connectivity index (χ3v) is 3.35. The highest BCUT2D eigenvalue weighted by atomic mass is 35.5. The lowest BCUT2D eigenvalue weighted by Crippen LogP contribution is -2.22. The highest BCUT2D eigenvalue weighted by molar-refractivity contribution is 6.32. The first-order valence-electron chi connectivity index (χ1n) is 6.45. The van der Waals surface area contributed by atoms with Gasteiger partial charge in [-0.1, -0.05) is 11.6 Å². The van der Waals surface area contributed by atoms with Gasteiger partial charge in [0.25, 0.3) is 0 Å². The number of pyridine rings is 2. The fourth-order valence-corrected chi connectivity index (χ4v) is 2.27. The predicted molar refractivity (Wildman–Crippen MR) is 82.2 cm³/mol. The van der Waals surface area contributed by atoms with Crippen molar-refractivity contribution in [1.82, 2.24) is 15.3 Å². The lowest BCUT2D eigenvalue weighted by Gasteiger charge is -2.12. The van der Waals surface area contributed by atoms with E-state index in [-0.39, 0.29) is 23.2 Å². The molecule has 0 fully saturated rings. The van der Waals surface area contributed by atoms with Crippen molar-refractivity contribution in [2.24, 2.45) is 0 Å². The Morgan fingerprint density at radius 3 is 2.82 bits per heavy atom. The van der Waals surface area contributed by atoms with Crippen LogP contribution in [0.25, 0.3) is 11.3 Å².